The third-order valence-electron chi connectivity index (χ3n) is 4.00. The van der Waals surface area contributed by atoms with Crippen LogP contribution in [0.4, 0.5) is 4.79 Å². The number of aliphatic hydroxyl groups excluding tert-OH is 1. The van der Waals surface area contributed by atoms with E-state index in [1.54, 1.807) is 53.7 Å². The molecular weight excluding hydrogens is 390 g/mol. The Hall–Kier alpha value is -2.81. The Labute approximate surface area is 177 Å². The Morgan fingerprint density at radius 2 is 1.67 bits per heavy atom. The summed E-state index contributed by atoms with van der Waals surface area (Å²) in [5.74, 6) is -1.03. The summed E-state index contributed by atoms with van der Waals surface area (Å²) in [6.45, 7) is 9.79. The van der Waals surface area contributed by atoms with Crippen LogP contribution in [0.1, 0.15) is 53.1 Å². The molecule has 1 aromatic carbocycles. The van der Waals surface area contributed by atoms with Crippen molar-refractivity contribution in [2.75, 3.05) is 13.2 Å². The number of amides is 3. The quantitative estimate of drug-likeness (QED) is 0.504. The lowest BCUT2D eigenvalue weighted by atomic mass is 10.0. The van der Waals surface area contributed by atoms with Gasteiger partial charge < -0.3 is 30.5 Å². The fraction of sp³-hybridized carbons (Fsp3) is 0.571. The smallest absolute Gasteiger partial charge is 0.408 e. The van der Waals surface area contributed by atoms with Gasteiger partial charge in [0.25, 0.3) is 0 Å². The van der Waals surface area contributed by atoms with Crippen molar-refractivity contribution in [3.8, 4) is 5.75 Å². The lowest BCUT2D eigenvalue weighted by Gasteiger charge is -2.33. The Kier molecular flexibility index (Phi) is 9.10. The number of aliphatic hydroxyl groups is 1. The van der Waals surface area contributed by atoms with Crippen molar-refractivity contribution in [2.24, 2.45) is 0 Å². The van der Waals surface area contributed by atoms with Crippen LogP contribution in [-0.2, 0) is 14.3 Å². The molecule has 168 valence electrons. The number of phenols is 1. The predicted molar refractivity (Wildman–Crippen MR) is 112 cm³/mol. The lowest BCUT2D eigenvalue weighted by Crippen LogP contribution is -2.54. The molecule has 9 nitrogen and oxygen atoms in total. The molecular formula is C21H33N3O6. The molecule has 2 unspecified atom stereocenters. The zero-order valence-corrected chi connectivity index (χ0v) is 18.4. The second-order valence-corrected chi connectivity index (χ2v) is 8.16. The van der Waals surface area contributed by atoms with Gasteiger partial charge in [0.1, 0.15) is 23.4 Å². The number of ether oxygens (including phenoxy) is 1. The molecule has 0 fully saturated rings. The molecule has 3 amide bonds. The average Bonchev–Trinajstić information content (AvgIpc) is 2.62. The highest BCUT2D eigenvalue weighted by atomic mass is 16.6. The van der Waals surface area contributed by atoms with Gasteiger partial charge in [-0.3, -0.25) is 9.59 Å². The first kappa shape index (κ1) is 25.2. The van der Waals surface area contributed by atoms with Crippen molar-refractivity contribution in [1.82, 2.24) is 15.5 Å². The molecule has 1 aromatic rings. The Morgan fingerprint density at radius 3 is 2.10 bits per heavy atom. The zero-order chi connectivity index (χ0) is 23.1. The number of phenolic OH excluding ortho intramolecular Hbond substituents is 1. The number of nitrogens with one attached hydrogen (secondary N) is 2. The van der Waals surface area contributed by atoms with Crippen LogP contribution < -0.4 is 10.6 Å². The number of nitrogens with zero attached hydrogens (tertiary/aromatic N) is 1. The summed E-state index contributed by atoms with van der Waals surface area (Å²) in [6.07, 6.45) is -0.848. The fourth-order valence-corrected chi connectivity index (χ4v) is 2.79. The minimum absolute atomic E-state index is 0.0240. The van der Waals surface area contributed by atoms with Crippen molar-refractivity contribution in [1.29, 1.82) is 0 Å². The number of aromatic hydroxyl groups is 1. The van der Waals surface area contributed by atoms with E-state index in [4.69, 9.17) is 4.74 Å². The molecule has 0 bridgehead atoms. The van der Waals surface area contributed by atoms with E-state index in [-0.39, 0.29) is 18.3 Å². The second-order valence-electron chi connectivity index (χ2n) is 8.16. The van der Waals surface area contributed by atoms with Crippen molar-refractivity contribution in [3.05, 3.63) is 29.8 Å². The van der Waals surface area contributed by atoms with Crippen LogP contribution in [0.25, 0.3) is 0 Å². The highest BCUT2D eigenvalue weighted by Crippen LogP contribution is 2.24. The van der Waals surface area contributed by atoms with Gasteiger partial charge >= 0.3 is 6.09 Å². The van der Waals surface area contributed by atoms with Crippen LogP contribution in [0, 0.1) is 0 Å². The van der Waals surface area contributed by atoms with Crippen LogP contribution in [0.3, 0.4) is 0 Å². The van der Waals surface area contributed by atoms with Gasteiger partial charge in [-0.2, -0.15) is 0 Å². The number of hydrogen-bond acceptors (Lipinski definition) is 6. The predicted octanol–water partition coefficient (Wildman–Crippen LogP) is 1.69. The average molecular weight is 424 g/mol. The number of rotatable bonds is 8. The molecule has 0 saturated heterocycles. The molecule has 0 aliphatic carbocycles. The van der Waals surface area contributed by atoms with E-state index in [1.165, 1.54) is 17.0 Å². The Bertz CT molecular complexity index is 727. The van der Waals surface area contributed by atoms with Gasteiger partial charge in [0.05, 0.1) is 6.61 Å². The van der Waals surface area contributed by atoms with Crippen molar-refractivity contribution in [3.63, 3.8) is 0 Å². The van der Waals surface area contributed by atoms with E-state index in [1.807, 2.05) is 0 Å². The number of likely N-dealkylation sites (N-methyl/N-ethyl adjacent to an activating group) is 1. The molecule has 0 aliphatic rings. The first-order valence-corrected chi connectivity index (χ1v) is 9.89. The molecule has 2 atom stereocenters. The normalized spacial score (nSPS) is 13.3. The molecule has 0 radical (unpaired) electrons. The lowest BCUT2D eigenvalue weighted by molar-refractivity contribution is -0.143. The molecule has 0 aromatic heterocycles. The fourth-order valence-electron chi connectivity index (χ4n) is 2.79. The topological polar surface area (TPSA) is 128 Å². The van der Waals surface area contributed by atoms with Crippen LogP contribution in [0.15, 0.2) is 24.3 Å². The summed E-state index contributed by atoms with van der Waals surface area (Å²) in [7, 11) is 0. The van der Waals surface area contributed by atoms with Gasteiger partial charge in [0, 0.05) is 12.6 Å². The van der Waals surface area contributed by atoms with Crippen LogP contribution in [0.5, 0.6) is 5.75 Å². The summed E-state index contributed by atoms with van der Waals surface area (Å²) >= 11 is 0. The number of alkyl carbamates (subject to hydrolysis) is 1. The molecule has 1 rings (SSSR count). The molecule has 30 heavy (non-hydrogen) atoms. The zero-order valence-electron chi connectivity index (χ0n) is 18.4. The monoisotopic (exact) mass is 423 g/mol. The Morgan fingerprint density at radius 1 is 1.10 bits per heavy atom. The van der Waals surface area contributed by atoms with Crippen LogP contribution >= 0.6 is 0 Å². The summed E-state index contributed by atoms with van der Waals surface area (Å²) in [6, 6.07) is 3.47. The van der Waals surface area contributed by atoms with E-state index < -0.39 is 42.2 Å². The molecule has 0 heterocycles. The van der Waals surface area contributed by atoms with E-state index in [2.05, 4.69) is 10.6 Å². The van der Waals surface area contributed by atoms with E-state index in [0.717, 1.165) is 0 Å². The first-order chi connectivity index (χ1) is 13.9. The van der Waals surface area contributed by atoms with Gasteiger partial charge in [-0.25, -0.2) is 4.79 Å². The summed E-state index contributed by atoms with van der Waals surface area (Å²) < 4.78 is 5.15. The summed E-state index contributed by atoms with van der Waals surface area (Å²) in [5, 5.41) is 24.4. The van der Waals surface area contributed by atoms with Crippen LogP contribution in [-0.4, -0.2) is 63.9 Å². The first-order valence-electron chi connectivity index (χ1n) is 9.89. The van der Waals surface area contributed by atoms with Crippen molar-refractivity contribution in [2.45, 2.75) is 65.3 Å². The molecule has 9 heteroatoms. The highest BCUT2D eigenvalue weighted by molar-refractivity contribution is 5.92. The number of carbonyl (C=O) groups excluding carboxylic acids is 3. The summed E-state index contributed by atoms with van der Waals surface area (Å²) in [4.78, 5) is 39.4. The maximum absolute atomic E-state index is 13.1. The highest BCUT2D eigenvalue weighted by Gasteiger charge is 2.35. The number of hydrogen-bond donors (Lipinski definition) is 4. The SMILES string of the molecule is CCN(C(=O)C(CO)NC(=O)OC(C)(C)C)C(C(=O)NC(C)C)c1ccc(O)cc1. The third-order valence-corrected chi connectivity index (χ3v) is 4.00. The molecule has 4 N–H and O–H groups in total. The largest absolute Gasteiger partial charge is 0.508 e. The Balaban J connectivity index is 3.20. The molecule has 0 saturated carbocycles. The van der Waals surface area contributed by atoms with Gasteiger partial charge in [-0.15, -0.1) is 0 Å². The summed E-state index contributed by atoms with van der Waals surface area (Å²) in [5.41, 5.74) is -0.293. The molecule has 0 spiro atoms. The van der Waals surface area contributed by atoms with Crippen molar-refractivity contribution < 1.29 is 29.3 Å². The minimum atomic E-state index is -1.29. The second kappa shape index (κ2) is 10.8. The number of carbonyl (C=O) groups is 3. The van der Waals surface area contributed by atoms with E-state index in [9.17, 15) is 24.6 Å². The maximum atomic E-state index is 13.1. The van der Waals surface area contributed by atoms with Crippen LogP contribution in [0.2, 0.25) is 0 Å². The van der Waals surface area contributed by atoms with E-state index >= 15 is 0 Å². The minimum Gasteiger partial charge on any atom is -0.508 e. The molecule has 0 aliphatic heterocycles. The van der Waals surface area contributed by atoms with Gasteiger partial charge in [0.15, 0.2) is 0 Å². The van der Waals surface area contributed by atoms with E-state index in [0.29, 0.717) is 5.56 Å². The van der Waals surface area contributed by atoms with Gasteiger partial charge in [-0.05, 0) is 59.2 Å². The van der Waals surface area contributed by atoms with Gasteiger partial charge in [0.2, 0.25) is 11.8 Å². The standard InChI is InChI=1S/C21H33N3O6/c1-7-24(19(28)16(12-25)23-20(29)30-21(4,5)6)17(18(27)22-13(2)3)14-8-10-15(26)11-9-14/h8-11,13,16-17,25-26H,7,12H2,1-6H3,(H,22,27)(H,23,29). The van der Waals surface area contributed by atoms with Crippen molar-refractivity contribution >= 4 is 17.9 Å². The maximum Gasteiger partial charge on any atom is 0.408 e. The third kappa shape index (κ3) is 7.55. The number of benzene rings is 1. The van der Waals surface area contributed by atoms with Gasteiger partial charge in [-0.1, -0.05) is 12.1 Å².